The van der Waals surface area contributed by atoms with Crippen LogP contribution in [-0.4, -0.2) is 17.6 Å². The van der Waals surface area contributed by atoms with Gasteiger partial charge >= 0.3 is 0 Å². The average molecular weight is 345 g/mol. The van der Waals surface area contributed by atoms with Crippen LogP contribution in [0.1, 0.15) is 29.0 Å². The molecule has 3 heteroatoms. The Morgan fingerprint density at radius 3 is 2.15 bits per heavy atom. The molecule has 0 aliphatic carbocycles. The Hall–Kier alpha value is -3.07. The zero-order valence-corrected chi connectivity index (χ0v) is 14.6. The van der Waals surface area contributed by atoms with Crippen LogP contribution in [0.2, 0.25) is 0 Å². The number of nitrogens with one attached hydrogen (secondary N) is 1. The van der Waals surface area contributed by atoms with E-state index in [1.807, 2.05) is 60.7 Å². The van der Waals surface area contributed by atoms with Gasteiger partial charge in [0.2, 0.25) is 5.91 Å². The minimum absolute atomic E-state index is 0.0157. The Morgan fingerprint density at radius 2 is 1.46 bits per heavy atom. The summed E-state index contributed by atoms with van der Waals surface area (Å²) in [5.74, 6) is 0.0330. The third-order valence-electron chi connectivity index (χ3n) is 4.48. The van der Waals surface area contributed by atoms with E-state index >= 15 is 0 Å². The van der Waals surface area contributed by atoms with E-state index in [1.165, 1.54) is 5.56 Å². The fourth-order valence-electron chi connectivity index (χ4n) is 3.12. The normalized spacial score (nSPS) is 11.7. The van der Waals surface area contributed by atoms with Crippen molar-refractivity contribution in [3.8, 4) is 5.75 Å². The molecule has 3 aromatic rings. The molecule has 1 atom stereocenters. The number of hydrogen-bond acceptors (Lipinski definition) is 2. The SMILES string of the molecule is O=C(C[C@@H](c1ccccc1)c1ccccc1O)NCCc1ccccc1. The summed E-state index contributed by atoms with van der Waals surface area (Å²) in [5, 5.41) is 13.2. The molecule has 0 aromatic heterocycles. The number of aromatic hydroxyl groups is 1. The van der Waals surface area contributed by atoms with E-state index in [4.69, 9.17) is 0 Å². The highest BCUT2D eigenvalue weighted by Gasteiger charge is 2.20. The van der Waals surface area contributed by atoms with E-state index in [0.717, 1.165) is 17.5 Å². The van der Waals surface area contributed by atoms with Gasteiger partial charge in [-0.25, -0.2) is 0 Å². The van der Waals surface area contributed by atoms with Crippen molar-refractivity contribution in [1.82, 2.24) is 5.32 Å². The van der Waals surface area contributed by atoms with Gasteiger partial charge in [0.15, 0.2) is 0 Å². The molecular weight excluding hydrogens is 322 g/mol. The largest absolute Gasteiger partial charge is 0.508 e. The topological polar surface area (TPSA) is 49.3 Å². The zero-order chi connectivity index (χ0) is 18.2. The molecule has 0 heterocycles. The lowest BCUT2D eigenvalue weighted by Gasteiger charge is -2.19. The number of hydrogen-bond donors (Lipinski definition) is 2. The molecule has 3 nitrogen and oxygen atoms in total. The molecule has 0 fully saturated rings. The van der Waals surface area contributed by atoms with E-state index in [2.05, 4.69) is 17.4 Å². The highest BCUT2D eigenvalue weighted by molar-refractivity contribution is 5.77. The van der Waals surface area contributed by atoms with Crippen LogP contribution >= 0.6 is 0 Å². The van der Waals surface area contributed by atoms with Crippen molar-refractivity contribution < 1.29 is 9.90 Å². The summed E-state index contributed by atoms with van der Waals surface area (Å²) >= 11 is 0. The molecule has 0 aliphatic heterocycles. The number of para-hydroxylation sites is 1. The van der Waals surface area contributed by atoms with Gasteiger partial charge < -0.3 is 10.4 Å². The van der Waals surface area contributed by atoms with Crippen LogP contribution in [0.15, 0.2) is 84.9 Å². The first-order valence-corrected chi connectivity index (χ1v) is 8.87. The van der Waals surface area contributed by atoms with Crippen molar-refractivity contribution in [3.63, 3.8) is 0 Å². The molecular formula is C23H23NO2. The molecule has 26 heavy (non-hydrogen) atoms. The second kappa shape index (κ2) is 8.86. The van der Waals surface area contributed by atoms with Gasteiger partial charge in [0.05, 0.1) is 0 Å². The van der Waals surface area contributed by atoms with Gasteiger partial charge in [-0.3, -0.25) is 4.79 Å². The first-order valence-electron chi connectivity index (χ1n) is 8.87. The minimum Gasteiger partial charge on any atom is -0.508 e. The molecule has 0 unspecified atom stereocenters. The number of carbonyl (C=O) groups is 1. The van der Waals surface area contributed by atoms with Crippen molar-refractivity contribution in [3.05, 3.63) is 102 Å². The second-order valence-corrected chi connectivity index (χ2v) is 6.31. The lowest BCUT2D eigenvalue weighted by Crippen LogP contribution is -2.27. The lowest BCUT2D eigenvalue weighted by molar-refractivity contribution is -0.121. The van der Waals surface area contributed by atoms with Crippen molar-refractivity contribution in [2.24, 2.45) is 0 Å². The number of rotatable bonds is 7. The lowest BCUT2D eigenvalue weighted by atomic mass is 9.87. The number of carbonyl (C=O) groups excluding carboxylic acids is 1. The van der Waals surface area contributed by atoms with Gasteiger partial charge in [-0.2, -0.15) is 0 Å². The van der Waals surface area contributed by atoms with E-state index in [1.54, 1.807) is 12.1 Å². The third-order valence-corrected chi connectivity index (χ3v) is 4.48. The Labute approximate surface area is 154 Å². The molecule has 0 saturated heterocycles. The van der Waals surface area contributed by atoms with Crippen LogP contribution in [-0.2, 0) is 11.2 Å². The summed E-state index contributed by atoms with van der Waals surface area (Å²) in [6, 6.07) is 27.2. The smallest absolute Gasteiger partial charge is 0.220 e. The quantitative estimate of drug-likeness (QED) is 0.672. The number of phenolic OH excluding ortho intramolecular Hbond substituents is 1. The van der Waals surface area contributed by atoms with Gasteiger partial charge in [-0.1, -0.05) is 78.9 Å². The molecule has 0 spiro atoms. The Morgan fingerprint density at radius 1 is 0.846 bits per heavy atom. The van der Waals surface area contributed by atoms with Gasteiger partial charge in [-0.05, 0) is 23.6 Å². The van der Waals surface area contributed by atoms with Crippen LogP contribution < -0.4 is 5.32 Å². The number of phenols is 1. The fraction of sp³-hybridized carbons (Fsp3) is 0.174. The van der Waals surface area contributed by atoms with Crippen molar-refractivity contribution >= 4 is 5.91 Å². The summed E-state index contributed by atoms with van der Waals surface area (Å²) in [5.41, 5.74) is 3.00. The van der Waals surface area contributed by atoms with Crippen LogP contribution in [0.5, 0.6) is 5.75 Å². The van der Waals surface area contributed by atoms with Crippen LogP contribution in [0.25, 0.3) is 0 Å². The van der Waals surface area contributed by atoms with E-state index in [0.29, 0.717) is 13.0 Å². The molecule has 3 rings (SSSR count). The van der Waals surface area contributed by atoms with Gasteiger partial charge in [0, 0.05) is 24.4 Å². The monoisotopic (exact) mass is 345 g/mol. The maximum Gasteiger partial charge on any atom is 0.220 e. The molecule has 0 aliphatic rings. The Kier molecular flexibility index (Phi) is 6.05. The standard InChI is InChI=1S/C23H23NO2/c25-22-14-8-7-13-20(22)21(19-11-5-2-6-12-19)17-23(26)24-16-15-18-9-3-1-4-10-18/h1-14,21,25H,15-17H2,(H,24,26)/t21-/m0/s1. The number of benzene rings is 3. The molecule has 132 valence electrons. The summed E-state index contributed by atoms with van der Waals surface area (Å²) in [7, 11) is 0. The maximum atomic E-state index is 12.5. The predicted octanol–water partition coefficient (Wildman–Crippen LogP) is 4.27. The molecule has 1 amide bonds. The highest BCUT2D eigenvalue weighted by atomic mass is 16.3. The first-order chi connectivity index (χ1) is 12.7. The van der Waals surface area contributed by atoms with E-state index in [-0.39, 0.29) is 17.6 Å². The maximum absolute atomic E-state index is 12.5. The Balaban J connectivity index is 1.68. The Bertz CT molecular complexity index is 831. The van der Waals surface area contributed by atoms with Crippen molar-refractivity contribution in [2.75, 3.05) is 6.54 Å². The third kappa shape index (κ3) is 4.73. The molecule has 3 aromatic carbocycles. The molecule has 0 bridgehead atoms. The molecule has 0 saturated carbocycles. The minimum atomic E-state index is -0.172. The number of amides is 1. The van der Waals surface area contributed by atoms with Crippen molar-refractivity contribution in [2.45, 2.75) is 18.8 Å². The first kappa shape index (κ1) is 17.7. The van der Waals surface area contributed by atoms with E-state index < -0.39 is 0 Å². The molecule has 0 radical (unpaired) electrons. The van der Waals surface area contributed by atoms with Crippen LogP contribution in [0.4, 0.5) is 0 Å². The summed E-state index contributed by atoms with van der Waals surface area (Å²) in [4.78, 5) is 12.5. The zero-order valence-electron chi connectivity index (χ0n) is 14.6. The predicted molar refractivity (Wildman–Crippen MR) is 104 cm³/mol. The van der Waals surface area contributed by atoms with Gasteiger partial charge in [0.25, 0.3) is 0 Å². The molecule has 2 N–H and O–H groups in total. The summed E-state index contributed by atoms with van der Waals surface area (Å²) in [6.07, 6.45) is 1.11. The van der Waals surface area contributed by atoms with E-state index in [9.17, 15) is 9.90 Å². The van der Waals surface area contributed by atoms with Crippen molar-refractivity contribution in [1.29, 1.82) is 0 Å². The highest BCUT2D eigenvalue weighted by Crippen LogP contribution is 2.33. The van der Waals surface area contributed by atoms with Crippen LogP contribution in [0, 0.1) is 0 Å². The van der Waals surface area contributed by atoms with Crippen LogP contribution in [0.3, 0.4) is 0 Å². The van der Waals surface area contributed by atoms with Gasteiger partial charge in [-0.15, -0.1) is 0 Å². The summed E-state index contributed by atoms with van der Waals surface area (Å²) < 4.78 is 0. The summed E-state index contributed by atoms with van der Waals surface area (Å²) in [6.45, 7) is 0.602. The average Bonchev–Trinajstić information content (AvgIpc) is 2.68. The van der Waals surface area contributed by atoms with Gasteiger partial charge in [0.1, 0.15) is 5.75 Å². The second-order valence-electron chi connectivity index (χ2n) is 6.31. The fourth-order valence-corrected chi connectivity index (χ4v) is 3.12.